The van der Waals surface area contributed by atoms with Crippen molar-refractivity contribution in [1.29, 1.82) is 0 Å². The van der Waals surface area contributed by atoms with Crippen LogP contribution in [0.2, 0.25) is 10.0 Å². The zero-order chi connectivity index (χ0) is 23.8. The van der Waals surface area contributed by atoms with Gasteiger partial charge in [-0.2, -0.15) is 0 Å². The minimum Gasteiger partial charge on any atom is -0.334 e. The average molecular weight is 489 g/mol. The first kappa shape index (κ1) is 25.6. The number of carbonyl (C=O) groups is 2. The fourth-order valence-electron chi connectivity index (χ4n) is 4.34. The number of fused-ring (bicyclic) bond motifs is 1. The van der Waals surface area contributed by atoms with Crippen LogP contribution in [0.25, 0.3) is 0 Å². The molecular formula is C27H34Cl2N2O2. The summed E-state index contributed by atoms with van der Waals surface area (Å²) in [5.74, 6) is 0.343. The van der Waals surface area contributed by atoms with E-state index in [2.05, 4.69) is 13.8 Å². The molecule has 178 valence electrons. The van der Waals surface area contributed by atoms with E-state index in [0.717, 1.165) is 49.8 Å². The maximum absolute atomic E-state index is 13.5. The lowest BCUT2D eigenvalue weighted by atomic mass is 10.1. The molecule has 0 bridgehead atoms. The molecule has 2 aromatic rings. The SMILES string of the molecule is CC(C)CC(=O)N1CCCCCCCCN(C(=O)c2cc(Cl)cc(Cl)c2)Cc2ccccc21. The van der Waals surface area contributed by atoms with E-state index in [-0.39, 0.29) is 11.8 Å². The molecule has 33 heavy (non-hydrogen) atoms. The second-order valence-corrected chi connectivity index (χ2v) is 10.2. The molecule has 3 rings (SSSR count). The van der Waals surface area contributed by atoms with E-state index >= 15 is 0 Å². The van der Waals surface area contributed by atoms with E-state index in [1.165, 1.54) is 0 Å². The van der Waals surface area contributed by atoms with Crippen LogP contribution in [0.4, 0.5) is 5.69 Å². The first-order chi connectivity index (χ1) is 15.8. The number of para-hydroxylation sites is 1. The Bertz CT molecular complexity index is 941. The first-order valence-electron chi connectivity index (χ1n) is 12.0. The van der Waals surface area contributed by atoms with Gasteiger partial charge >= 0.3 is 0 Å². The summed E-state index contributed by atoms with van der Waals surface area (Å²) >= 11 is 12.3. The third-order valence-electron chi connectivity index (χ3n) is 5.98. The zero-order valence-corrected chi connectivity index (χ0v) is 21.2. The van der Waals surface area contributed by atoms with E-state index in [1.54, 1.807) is 18.2 Å². The number of halogens is 2. The van der Waals surface area contributed by atoms with Crippen molar-refractivity contribution in [3.63, 3.8) is 0 Å². The summed E-state index contributed by atoms with van der Waals surface area (Å²) in [5.41, 5.74) is 2.38. The maximum atomic E-state index is 13.5. The molecule has 0 saturated heterocycles. The lowest BCUT2D eigenvalue weighted by molar-refractivity contribution is -0.119. The van der Waals surface area contributed by atoms with Gasteiger partial charge < -0.3 is 9.80 Å². The molecule has 0 radical (unpaired) electrons. The molecule has 2 amide bonds. The Hall–Kier alpha value is -2.04. The standard InChI is InChI=1S/C27H34Cl2N2O2/c1-20(2)15-26(32)31-14-10-6-4-3-5-9-13-30(19-21-11-7-8-12-25(21)31)27(33)22-16-23(28)18-24(29)17-22/h7-8,11-12,16-18,20H,3-6,9-10,13-15,19H2,1-2H3. The van der Waals surface area contributed by atoms with Gasteiger partial charge in [0.15, 0.2) is 0 Å². The highest BCUT2D eigenvalue weighted by Crippen LogP contribution is 2.27. The summed E-state index contributed by atoms with van der Waals surface area (Å²) in [6.07, 6.45) is 6.91. The van der Waals surface area contributed by atoms with E-state index in [0.29, 0.717) is 47.6 Å². The molecule has 2 aromatic carbocycles. The van der Waals surface area contributed by atoms with Crippen LogP contribution >= 0.6 is 23.2 Å². The summed E-state index contributed by atoms with van der Waals surface area (Å²) < 4.78 is 0. The molecule has 1 aliphatic rings. The minimum absolute atomic E-state index is 0.0934. The molecule has 0 unspecified atom stereocenters. The Morgan fingerprint density at radius 1 is 0.879 bits per heavy atom. The van der Waals surface area contributed by atoms with Crippen LogP contribution in [-0.2, 0) is 11.3 Å². The molecular weight excluding hydrogens is 455 g/mol. The average Bonchev–Trinajstić information content (AvgIpc) is 2.77. The largest absolute Gasteiger partial charge is 0.334 e. The first-order valence-corrected chi connectivity index (χ1v) is 12.7. The van der Waals surface area contributed by atoms with Crippen LogP contribution in [0, 0.1) is 5.92 Å². The molecule has 1 aliphatic heterocycles. The van der Waals surface area contributed by atoms with Gasteiger partial charge in [-0.15, -0.1) is 0 Å². The third-order valence-corrected chi connectivity index (χ3v) is 6.42. The summed E-state index contributed by atoms with van der Waals surface area (Å²) in [5, 5.41) is 0.894. The van der Waals surface area contributed by atoms with Crippen molar-refractivity contribution in [1.82, 2.24) is 4.90 Å². The minimum atomic E-state index is -0.0934. The lowest BCUT2D eigenvalue weighted by Crippen LogP contribution is -2.35. The van der Waals surface area contributed by atoms with Crippen LogP contribution in [0.1, 0.15) is 74.7 Å². The number of hydrogen-bond acceptors (Lipinski definition) is 2. The van der Waals surface area contributed by atoms with E-state index in [4.69, 9.17) is 23.2 Å². The van der Waals surface area contributed by atoms with Crippen molar-refractivity contribution in [3.8, 4) is 0 Å². The fraction of sp³-hybridized carbons (Fsp3) is 0.481. The molecule has 6 heteroatoms. The van der Waals surface area contributed by atoms with Gasteiger partial charge in [0.05, 0.1) is 0 Å². The van der Waals surface area contributed by atoms with Crippen LogP contribution in [0.5, 0.6) is 0 Å². The van der Waals surface area contributed by atoms with Gasteiger partial charge in [0.1, 0.15) is 0 Å². The molecule has 0 aromatic heterocycles. The van der Waals surface area contributed by atoms with Gasteiger partial charge in [0.25, 0.3) is 5.91 Å². The molecule has 4 nitrogen and oxygen atoms in total. The van der Waals surface area contributed by atoms with Gasteiger partial charge in [-0.05, 0) is 48.6 Å². The number of anilines is 1. The summed E-state index contributed by atoms with van der Waals surface area (Å²) in [6.45, 7) is 5.93. The normalized spacial score (nSPS) is 15.9. The van der Waals surface area contributed by atoms with E-state index in [9.17, 15) is 9.59 Å². The Kier molecular flexibility index (Phi) is 9.64. The van der Waals surface area contributed by atoms with Crippen molar-refractivity contribution in [2.24, 2.45) is 5.92 Å². The van der Waals surface area contributed by atoms with Crippen molar-refractivity contribution in [3.05, 3.63) is 63.6 Å². The lowest BCUT2D eigenvalue weighted by Gasteiger charge is -2.29. The number of carbonyl (C=O) groups excluding carboxylic acids is 2. The third kappa shape index (κ3) is 7.48. The molecule has 0 N–H and O–H groups in total. The number of rotatable bonds is 3. The number of benzene rings is 2. The summed E-state index contributed by atoms with van der Waals surface area (Å²) in [6, 6.07) is 12.9. The maximum Gasteiger partial charge on any atom is 0.254 e. The van der Waals surface area contributed by atoms with Gasteiger partial charge in [-0.25, -0.2) is 0 Å². The van der Waals surface area contributed by atoms with Crippen molar-refractivity contribution in [2.75, 3.05) is 18.0 Å². The Morgan fingerprint density at radius 3 is 2.15 bits per heavy atom. The van der Waals surface area contributed by atoms with Crippen LogP contribution in [0.3, 0.4) is 0 Å². The van der Waals surface area contributed by atoms with Crippen LogP contribution in [-0.4, -0.2) is 29.8 Å². The molecule has 0 spiro atoms. The molecule has 1 heterocycles. The smallest absolute Gasteiger partial charge is 0.254 e. The van der Waals surface area contributed by atoms with Gasteiger partial charge in [-0.1, -0.05) is 80.9 Å². The predicted molar refractivity (Wildman–Crippen MR) is 137 cm³/mol. The highest BCUT2D eigenvalue weighted by molar-refractivity contribution is 6.35. The van der Waals surface area contributed by atoms with Gasteiger partial charge in [-0.3, -0.25) is 9.59 Å². The Morgan fingerprint density at radius 2 is 1.48 bits per heavy atom. The molecule has 0 fully saturated rings. The van der Waals surface area contributed by atoms with Crippen LogP contribution in [0.15, 0.2) is 42.5 Å². The van der Waals surface area contributed by atoms with Gasteiger partial charge in [0.2, 0.25) is 5.91 Å². The molecule has 0 aliphatic carbocycles. The van der Waals surface area contributed by atoms with Crippen LogP contribution < -0.4 is 4.90 Å². The summed E-state index contributed by atoms with van der Waals surface area (Å²) in [7, 11) is 0. The zero-order valence-electron chi connectivity index (χ0n) is 19.7. The second kappa shape index (κ2) is 12.4. The predicted octanol–water partition coefficient (Wildman–Crippen LogP) is 7.37. The van der Waals surface area contributed by atoms with Crippen molar-refractivity contribution >= 4 is 40.7 Å². The number of amides is 2. The number of hydrogen-bond donors (Lipinski definition) is 0. The summed E-state index contributed by atoms with van der Waals surface area (Å²) in [4.78, 5) is 30.5. The molecule has 0 saturated carbocycles. The van der Waals surface area contributed by atoms with E-state index < -0.39 is 0 Å². The quantitative estimate of drug-likeness (QED) is 0.452. The highest BCUT2D eigenvalue weighted by atomic mass is 35.5. The fourth-order valence-corrected chi connectivity index (χ4v) is 4.87. The Balaban J connectivity index is 1.96. The van der Waals surface area contributed by atoms with Gasteiger partial charge in [0, 0.05) is 47.4 Å². The highest BCUT2D eigenvalue weighted by Gasteiger charge is 2.23. The topological polar surface area (TPSA) is 40.6 Å². The number of nitrogens with zero attached hydrogens (tertiary/aromatic N) is 2. The Labute approximate surface area is 207 Å². The van der Waals surface area contributed by atoms with Crippen molar-refractivity contribution < 1.29 is 9.59 Å². The molecule has 0 atom stereocenters. The van der Waals surface area contributed by atoms with Crippen molar-refractivity contribution in [2.45, 2.75) is 65.3 Å². The van der Waals surface area contributed by atoms with E-state index in [1.807, 2.05) is 34.1 Å². The second-order valence-electron chi connectivity index (χ2n) is 9.28. The monoisotopic (exact) mass is 488 g/mol.